The Labute approximate surface area is 130 Å². The van der Waals surface area contributed by atoms with Crippen LogP contribution in [-0.4, -0.2) is 115 Å². The predicted molar refractivity (Wildman–Crippen MR) is 68.6 cm³/mol. The van der Waals surface area contributed by atoms with Crippen molar-refractivity contribution in [3.63, 3.8) is 0 Å². The van der Waals surface area contributed by atoms with E-state index < -0.39 is 74.6 Å². The summed E-state index contributed by atoms with van der Waals surface area (Å²) >= 11 is 0. The van der Waals surface area contributed by atoms with Crippen LogP contribution in [0.25, 0.3) is 0 Å². The van der Waals surface area contributed by atoms with Crippen LogP contribution in [0.3, 0.4) is 0 Å². The van der Waals surface area contributed by atoms with Gasteiger partial charge in [0.05, 0.1) is 13.2 Å². The Morgan fingerprint density at radius 3 is 1.83 bits per heavy atom. The van der Waals surface area contributed by atoms with Crippen LogP contribution in [0.4, 0.5) is 0 Å². The summed E-state index contributed by atoms with van der Waals surface area (Å²) in [5.74, 6) is 0. The maximum absolute atomic E-state index is 9.78. The van der Waals surface area contributed by atoms with Gasteiger partial charge in [0.15, 0.2) is 12.6 Å². The van der Waals surface area contributed by atoms with Gasteiger partial charge in [-0.3, -0.25) is 0 Å². The first kappa shape index (κ1) is 18.9. The van der Waals surface area contributed by atoms with E-state index in [2.05, 4.69) is 0 Å². The van der Waals surface area contributed by atoms with E-state index in [-0.39, 0.29) is 0 Å². The average Bonchev–Trinajstić information content (AvgIpc) is 2.54. The lowest BCUT2D eigenvalue weighted by Gasteiger charge is -2.41. The zero-order chi connectivity index (χ0) is 17.3. The van der Waals surface area contributed by atoms with Crippen LogP contribution in [0.2, 0.25) is 0 Å². The van der Waals surface area contributed by atoms with E-state index in [9.17, 15) is 35.7 Å². The molecule has 0 aromatic rings. The molecule has 136 valence electrons. The third-order valence-corrected chi connectivity index (χ3v) is 3.96. The van der Waals surface area contributed by atoms with Gasteiger partial charge in [-0.2, -0.15) is 0 Å². The zero-order valence-electron chi connectivity index (χ0n) is 12.0. The van der Waals surface area contributed by atoms with Gasteiger partial charge in [0.25, 0.3) is 0 Å². The molecule has 23 heavy (non-hydrogen) atoms. The fourth-order valence-corrected chi connectivity index (χ4v) is 2.46. The number of aliphatic hydroxyl groups excluding tert-OH is 8. The second-order valence-electron chi connectivity index (χ2n) is 5.57. The standard InChI is InChI=1S/C12H22O11/c13-1-3-5(14)8(17)10(19)12(23-3)21-2-4-6(15)7(16)9(18)11(20)22-4/h3-20H,1-2H2/t3?,4?,5-,6-,7+,8+,9?,10?,11?,12-/m1/s1. The van der Waals surface area contributed by atoms with Crippen molar-refractivity contribution in [1.29, 1.82) is 0 Å². The van der Waals surface area contributed by atoms with Crippen molar-refractivity contribution in [1.82, 2.24) is 0 Å². The number of hydrogen-bond acceptors (Lipinski definition) is 11. The summed E-state index contributed by atoms with van der Waals surface area (Å²) in [4.78, 5) is 0. The van der Waals surface area contributed by atoms with Gasteiger partial charge in [0, 0.05) is 0 Å². The summed E-state index contributed by atoms with van der Waals surface area (Å²) in [5, 5.41) is 76.1. The van der Waals surface area contributed by atoms with E-state index >= 15 is 0 Å². The van der Waals surface area contributed by atoms with Gasteiger partial charge in [-0.25, -0.2) is 0 Å². The SMILES string of the molecule is OCC1O[C@@H](OCC2OC(O)C(O)[C@@H](O)[C@@H]2O)C(O)[C@@H](O)[C@@H]1O. The van der Waals surface area contributed by atoms with Crippen LogP contribution in [0.15, 0.2) is 0 Å². The average molecular weight is 342 g/mol. The highest BCUT2D eigenvalue weighted by Crippen LogP contribution is 2.24. The summed E-state index contributed by atoms with van der Waals surface area (Å²) in [5.41, 5.74) is 0. The van der Waals surface area contributed by atoms with Crippen LogP contribution >= 0.6 is 0 Å². The predicted octanol–water partition coefficient (Wildman–Crippen LogP) is -5.40. The molecule has 2 fully saturated rings. The lowest BCUT2D eigenvalue weighted by Crippen LogP contribution is -2.61. The molecule has 10 atom stereocenters. The molecule has 0 aromatic heterocycles. The monoisotopic (exact) mass is 342 g/mol. The van der Waals surface area contributed by atoms with Crippen molar-refractivity contribution in [2.45, 2.75) is 61.4 Å². The highest BCUT2D eigenvalue weighted by atomic mass is 16.7. The first-order valence-electron chi connectivity index (χ1n) is 7.07. The first-order valence-corrected chi connectivity index (χ1v) is 7.07. The molecule has 2 aliphatic heterocycles. The van der Waals surface area contributed by atoms with Crippen LogP contribution in [-0.2, 0) is 14.2 Å². The molecule has 2 heterocycles. The van der Waals surface area contributed by atoms with Crippen molar-refractivity contribution in [2.75, 3.05) is 13.2 Å². The molecule has 0 saturated carbocycles. The number of ether oxygens (including phenoxy) is 3. The quantitative estimate of drug-likeness (QED) is 0.243. The van der Waals surface area contributed by atoms with Crippen LogP contribution < -0.4 is 0 Å². The number of hydrogen-bond donors (Lipinski definition) is 8. The molecule has 2 saturated heterocycles. The third-order valence-electron chi connectivity index (χ3n) is 3.96. The highest BCUT2D eigenvalue weighted by Gasteiger charge is 2.46. The minimum Gasteiger partial charge on any atom is -0.394 e. The molecule has 0 aliphatic carbocycles. The molecule has 0 spiro atoms. The molecule has 2 aliphatic rings. The smallest absolute Gasteiger partial charge is 0.186 e. The second-order valence-corrected chi connectivity index (χ2v) is 5.57. The lowest BCUT2D eigenvalue weighted by molar-refractivity contribution is -0.325. The third kappa shape index (κ3) is 3.81. The summed E-state index contributed by atoms with van der Waals surface area (Å²) in [6.45, 7) is -1.10. The zero-order valence-corrected chi connectivity index (χ0v) is 12.0. The molecule has 0 aromatic carbocycles. The van der Waals surface area contributed by atoms with Gasteiger partial charge in [0.1, 0.15) is 48.8 Å². The Morgan fingerprint density at radius 1 is 0.652 bits per heavy atom. The highest BCUT2D eigenvalue weighted by molar-refractivity contribution is 4.91. The van der Waals surface area contributed by atoms with E-state index in [1.165, 1.54) is 0 Å². The molecule has 5 unspecified atom stereocenters. The molecule has 0 radical (unpaired) electrons. The van der Waals surface area contributed by atoms with E-state index in [0.29, 0.717) is 0 Å². The molecule has 11 nitrogen and oxygen atoms in total. The molecule has 2 rings (SSSR count). The Balaban J connectivity index is 1.94. The van der Waals surface area contributed by atoms with Crippen molar-refractivity contribution < 1.29 is 55.1 Å². The molecule has 0 bridgehead atoms. The fraction of sp³-hybridized carbons (Fsp3) is 1.00. The van der Waals surface area contributed by atoms with E-state index in [1.54, 1.807) is 0 Å². The summed E-state index contributed by atoms with van der Waals surface area (Å²) < 4.78 is 15.1. The van der Waals surface area contributed by atoms with Crippen LogP contribution in [0, 0.1) is 0 Å². The molecule has 0 amide bonds. The fourth-order valence-electron chi connectivity index (χ4n) is 2.46. The van der Waals surface area contributed by atoms with Crippen molar-refractivity contribution in [3.05, 3.63) is 0 Å². The Bertz CT molecular complexity index is 380. The van der Waals surface area contributed by atoms with Gasteiger partial charge < -0.3 is 55.1 Å². The summed E-state index contributed by atoms with van der Waals surface area (Å²) in [6.07, 6.45) is -15.3. The largest absolute Gasteiger partial charge is 0.394 e. The summed E-state index contributed by atoms with van der Waals surface area (Å²) in [6, 6.07) is 0. The molecule has 11 heteroatoms. The van der Waals surface area contributed by atoms with E-state index in [4.69, 9.17) is 19.3 Å². The van der Waals surface area contributed by atoms with Crippen LogP contribution in [0.1, 0.15) is 0 Å². The topological polar surface area (TPSA) is 190 Å². The normalized spacial score (nSPS) is 51.7. The van der Waals surface area contributed by atoms with Gasteiger partial charge in [-0.1, -0.05) is 0 Å². The van der Waals surface area contributed by atoms with E-state index in [1.807, 2.05) is 0 Å². The van der Waals surface area contributed by atoms with Gasteiger partial charge in [0.2, 0.25) is 0 Å². The lowest BCUT2D eigenvalue weighted by atomic mass is 9.98. The van der Waals surface area contributed by atoms with Crippen molar-refractivity contribution >= 4 is 0 Å². The Kier molecular flexibility index (Phi) is 6.27. The van der Waals surface area contributed by atoms with Crippen molar-refractivity contribution in [3.8, 4) is 0 Å². The van der Waals surface area contributed by atoms with Crippen molar-refractivity contribution in [2.24, 2.45) is 0 Å². The second kappa shape index (κ2) is 7.63. The van der Waals surface area contributed by atoms with E-state index in [0.717, 1.165) is 0 Å². The molecule has 8 N–H and O–H groups in total. The first-order chi connectivity index (χ1) is 10.8. The molecular formula is C12H22O11. The molecular weight excluding hydrogens is 320 g/mol. The minimum atomic E-state index is -1.74. The van der Waals surface area contributed by atoms with Crippen LogP contribution in [0.5, 0.6) is 0 Å². The maximum atomic E-state index is 9.78. The minimum absolute atomic E-state index is 0.468. The Morgan fingerprint density at radius 2 is 1.22 bits per heavy atom. The number of aliphatic hydroxyl groups is 8. The van der Waals surface area contributed by atoms with Gasteiger partial charge >= 0.3 is 0 Å². The maximum Gasteiger partial charge on any atom is 0.186 e. The summed E-state index contributed by atoms with van der Waals surface area (Å²) in [7, 11) is 0. The van der Waals surface area contributed by atoms with Gasteiger partial charge in [-0.15, -0.1) is 0 Å². The Hall–Kier alpha value is -0.440. The van der Waals surface area contributed by atoms with Gasteiger partial charge in [-0.05, 0) is 0 Å². The number of rotatable bonds is 4.